The zero-order chi connectivity index (χ0) is 18.8. The highest BCUT2D eigenvalue weighted by atomic mass is 32.1. The highest BCUT2D eigenvalue weighted by Crippen LogP contribution is 2.31. The molecule has 0 aliphatic carbocycles. The number of nitrogens with one attached hydrogen (secondary N) is 1. The van der Waals surface area contributed by atoms with Gasteiger partial charge in [-0.1, -0.05) is 6.92 Å². The summed E-state index contributed by atoms with van der Waals surface area (Å²) in [6.45, 7) is 6.56. The first kappa shape index (κ1) is 17.9. The van der Waals surface area contributed by atoms with Crippen LogP contribution in [0.5, 0.6) is 0 Å². The Morgan fingerprint density at radius 1 is 1.30 bits per heavy atom. The van der Waals surface area contributed by atoms with E-state index in [9.17, 15) is 4.79 Å². The summed E-state index contributed by atoms with van der Waals surface area (Å²) in [5, 5.41) is 10.4. The largest absolute Gasteiger partial charge is 0.356 e. The van der Waals surface area contributed by atoms with Crippen LogP contribution in [0, 0.1) is 5.92 Å². The molecule has 142 valence electrons. The van der Waals surface area contributed by atoms with E-state index < -0.39 is 0 Å². The lowest BCUT2D eigenvalue weighted by Gasteiger charge is -2.32. The number of anilines is 2. The molecule has 1 amide bonds. The highest BCUT2D eigenvalue weighted by Gasteiger charge is 2.27. The molecule has 4 rings (SSSR count). The second kappa shape index (κ2) is 7.64. The van der Waals surface area contributed by atoms with Gasteiger partial charge in [0.2, 0.25) is 5.91 Å². The van der Waals surface area contributed by atoms with Gasteiger partial charge in [0.25, 0.3) is 0 Å². The van der Waals surface area contributed by atoms with Gasteiger partial charge in [-0.15, -0.1) is 11.3 Å². The molecule has 27 heavy (non-hydrogen) atoms. The minimum Gasteiger partial charge on any atom is -0.356 e. The van der Waals surface area contributed by atoms with Gasteiger partial charge in [-0.2, -0.15) is 5.10 Å². The summed E-state index contributed by atoms with van der Waals surface area (Å²) in [5.41, 5.74) is 0.771. The fraction of sp³-hybridized carbons (Fsp3) is 0.474. The molecule has 1 aliphatic rings. The van der Waals surface area contributed by atoms with Crippen LogP contribution in [0.2, 0.25) is 0 Å². The molecule has 3 aromatic rings. The number of hydrogen-bond acceptors (Lipinski definition) is 6. The molecule has 1 saturated heterocycles. The Bertz CT molecular complexity index is 941. The number of aryl methyl sites for hydroxylation is 2. The Morgan fingerprint density at radius 3 is 2.81 bits per heavy atom. The average Bonchev–Trinajstić information content (AvgIpc) is 3.36. The van der Waals surface area contributed by atoms with Gasteiger partial charge in [0, 0.05) is 38.2 Å². The van der Waals surface area contributed by atoms with Crippen LogP contribution in [-0.2, 0) is 17.8 Å². The second-order valence-corrected chi connectivity index (χ2v) is 7.69. The van der Waals surface area contributed by atoms with Crippen molar-refractivity contribution in [3.8, 4) is 0 Å². The molecule has 0 radical (unpaired) electrons. The van der Waals surface area contributed by atoms with Crippen molar-refractivity contribution >= 4 is 39.0 Å². The maximum atomic E-state index is 12.6. The molecule has 8 heteroatoms. The quantitative estimate of drug-likeness (QED) is 0.730. The Balaban J connectivity index is 1.43. The van der Waals surface area contributed by atoms with Crippen LogP contribution in [0.4, 0.5) is 11.5 Å². The Labute approximate surface area is 162 Å². The topological polar surface area (TPSA) is 75.9 Å². The number of nitrogens with zero attached hydrogens (tertiary/aromatic N) is 5. The van der Waals surface area contributed by atoms with Crippen molar-refractivity contribution in [3.05, 3.63) is 29.7 Å². The van der Waals surface area contributed by atoms with Crippen molar-refractivity contribution in [3.63, 3.8) is 0 Å². The van der Waals surface area contributed by atoms with Crippen molar-refractivity contribution in [1.29, 1.82) is 0 Å². The van der Waals surface area contributed by atoms with Crippen molar-refractivity contribution in [2.45, 2.75) is 39.7 Å². The van der Waals surface area contributed by atoms with Crippen LogP contribution in [0.15, 0.2) is 23.8 Å². The summed E-state index contributed by atoms with van der Waals surface area (Å²) in [6.07, 6.45) is 6.05. The van der Waals surface area contributed by atoms with Gasteiger partial charge in [-0.3, -0.25) is 9.48 Å². The van der Waals surface area contributed by atoms with Crippen molar-refractivity contribution in [2.24, 2.45) is 5.92 Å². The number of thiophene rings is 1. The number of carbonyl (C=O) groups is 1. The molecule has 7 nitrogen and oxygen atoms in total. The first-order chi connectivity index (χ1) is 13.2. The molecule has 0 aromatic carbocycles. The van der Waals surface area contributed by atoms with Crippen LogP contribution in [0.1, 0.15) is 32.5 Å². The van der Waals surface area contributed by atoms with E-state index in [1.807, 2.05) is 17.8 Å². The van der Waals surface area contributed by atoms with Gasteiger partial charge in [0.05, 0.1) is 17.3 Å². The van der Waals surface area contributed by atoms with Crippen LogP contribution in [0.3, 0.4) is 0 Å². The summed E-state index contributed by atoms with van der Waals surface area (Å²) in [7, 11) is 0. The lowest BCUT2D eigenvalue weighted by Crippen LogP contribution is -2.38. The van der Waals surface area contributed by atoms with E-state index in [4.69, 9.17) is 4.98 Å². The molecule has 0 bridgehead atoms. The minimum absolute atomic E-state index is 0.0247. The standard InChI is InChI=1S/C19H24N6OS/c1-3-16-22-17(15-7-10-27-19(15)23-16)24-8-5-13(6-9-24)18(26)21-14-11-20-25(4-2)12-14/h7,10-13H,3-6,8-9H2,1-2H3,(H,21,26). The number of carbonyl (C=O) groups excluding carboxylic acids is 1. The summed E-state index contributed by atoms with van der Waals surface area (Å²) in [6, 6.07) is 2.10. The fourth-order valence-electron chi connectivity index (χ4n) is 3.48. The maximum absolute atomic E-state index is 12.6. The van der Waals surface area contributed by atoms with Gasteiger partial charge in [0.1, 0.15) is 16.5 Å². The summed E-state index contributed by atoms with van der Waals surface area (Å²) >= 11 is 1.66. The average molecular weight is 385 g/mol. The monoisotopic (exact) mass is 384 g/mol. The molecule has 1 N–H and O–H groups in total. The minimum atomic E-state index is 0.0247. The molecule has 0 unspecified atom stereocenters. The number of rotatable bonds is 5. The molecular formula is C19H24N6OS. The van der Waals surface area contributed by atoms with Crippen LogP contribution < -0.4 is 10.2 Å². The Hall–Kier alpha value is -2.48. The van der Waals surface area contributed by atoms with Gasteiger partial charge >= 0.3 is 0 Å². The SMILES string of the molecule is CCc1nc(N2CCC(C(=O)Nc3cnn(CC)c3)CC2)c2ccsc2n1. The first-order valence-corrected chi connectivity index (χ1v) is 10.4. The van der Waals surface area contributed by atoms with Crippen molar-refractivity contribution in [2.75, 3.05) is 23.3 Å². The van der Waals surface area contributed by atoms with E-state index in [0.29, 0.717) is 0 Å². The third-order valence-corrected chi connectivity index (χ3v) is 5.86. The van der Waals surface area contributed by atoms with E-state index in [1.54, 1.807) is 17.5 Å². The predicted molar refractivity (Wildman–Crippen MR) is 108 cm³/mol. The summed E-state index contributed by atoms with van der Waals surface area (Å²) < 4.78 is 1.81. The normalized spacial score (nSPS) is 15.4. The number of hydrogen-bond donors (Lipinski definition) is 1. The van der Waals surface area contributed by atoms with Gasteiger partial charge in [0.15, 0.2) is 0 Å². The summed E-state index contributed by atoms with van der Waals surface area (Å²) in [5.74, 6) is 2.01. The first-order valence-electron chi connectivity index (χ1n) is 9.50. The Morgan fingerprint density at radius 2 is 2.11 bits per heavy atom. The van der Waals surface area contributed by atoms with E-state index in [2.05, 4.69) is 38.7 Å². The molecule has 1 fully saturated rings. The molecule has 4 heterocycles. The molecule has 0 spiro atoms. The van der Waals surface area contributed by atoms with Gasteiger partial charge in [-0.05, 0) is 31.2 Å². The van der Waals surface area contributed by atoms with Crippen LogP contribution in [-0.4, -0.2) is 38.7 Å². The number of piperidine rings is 1. The zero-order valence-electron chi connectivity index (χ0n) is 15.7. The molecular weight excluding hydrogens is 360 g/mol. The molecule has 0 atom stereocenters. The van der Waals surface area contributed by atoms with Gasteiger partial charge in [-0.25, -0.2) is 9.97 Å². The summed E-state index contributed by atoms with van der Waals surface area (Å²) in [4.78, 5) is 25.3. The molecule has 3 aromatic heterocycles. The smallest absolute Gasteiger partial charge is 0.227 e. The van der Waals surface area contributed by atoms with Crippen LogP contribution >= 0.6 is 11.3 Å². The third kappa shape index (κ3) is 3.66. The lowest BCUT2D eigenvalue weighted by atomic mass is 9.95. The lowest BCUT2D eigenvalue weighted by molar-refractivity contribution is -0.120. The number of fused-ring (bicyclic) bond motifs is 1. The second-order valence-electron chi connectivity index (χ2n) is 6.79. The van der Waals surface area contributed by atoms with Crippen molar-refractivity contribution < 1.29 is 4.79 Å². The predicted octanol–water partition coefficient (Wildman–Crippen LogP) is 3.33. The Kier molecular flexibility index (Phi) is 5.07. The highest BCUT2D eigenvalue weighted by molar-refractivity contribution is 7.16. The molecule has 0 saturated carbocycles. The van der Waals surface area contributed by atoms with Crippen LogP contribution in [0.25, 0.3) is 10.2 Å². The van der Waals surface area contributed by atoms with E-state index >= 15 is 0 Å². The maximum Gasteiger partial charge on any atom is 0.227 e. The number of aromatic nitrogens is 4. The van der Waals surface area contributed by atoms with E-state index in [-0.39, 0.29) is 11.8 Å². The van der Waals surface area contributed by atoms with Gasteiger partial charge < -0.3 is 10.2 Å². The molecule has 1 aliphatic heterocycles. The number of amides is 1. The fourth-order valence-corrected chi connectivity index (χ4v) is 4.26. The van der Waals surface area contributed by atoms with E-state index in [1.165, 1.54) is 0 Å². The van der Waals surface area contributed by atoms with Crippen molar-refractivity contribution in [1.82, 2.24) is 19.7 Å². The third-order valence-electron chi connectivity index (χ3n) is 5.06. The zero-order valence-corrected chi connectivity index (χ0v) is 16.5. The van der Waals surface area contributed by atoms with E-state index in [0.717, 1.165) is 66.4 Å².